The Balaban J connectivity index is 1.81. The van der Waals surface area contributed by atoms with Crippen molar-refractivity contribution in [1.29, 1.82) is 0 Å². The molecule has 0 saturated carbocycles. The third kappa shape index (κ3) is 4.28. The molecule has 0 unspecified atom stereocenters. The zero-order chi connectivity index (χ0) is 14.6. The number of hydrogen-bond donors (Lipinski definition) is 0. The van der Waals surface area contributed by atoms with Crippen molar-refractivity contribution in [3.63, 3.8) is 0 Å². The molecule has 0 aliphatic carbocycles. The minimum atomic E-state index is -3.08. The van der Waals surface area contributed by atoms with Gasteiger partial charge in [-0.1, -0.05) is 6.58 Å². The smallest absolute Gasteiger partial charge is 0.172 e. The largest absolute Gasteiger partial charge is 0.381 e. The lowest BCUT2D eigenvalue weighted by Gasteiger charge is -2.44. The van der Waals surface area contributed by atoms with Gasteiger partial charge in [-0.2, -0.15) is 0 Å². The van der Waals surface area contributed by atoms with E-state index in [1.54, 1.807) is 0 Å². The predicted molar refractivity (Wildman–Crippen MR) is 80.4 cm³/mol. The first-order valence-electron chi connectivity index (χ1n) is 7.43. The van der Waals surface area contributed by atoms with Crippen molar-refractivity contribution in [1.82, 2.24) is 9.80 Å². The number of hydrogen-bond acceptors (Lipinski definition) is 5. The zero-order valence-electron chi connectivity index (χ0n) is 12.3. The highest BCUT2D eigenvalue weighted by molar-refractivity contribution is 7.94. The van der Waals surface area contributed by atoms with E-state index >= 15 is 0 Å². The van der Waals surface area contributed by atoms with Gasteiger partial charge in [0.25, 0.3) is 0 Å². The molecule has 2 saturated heterocycles. The Morgan fingerprint density at radius 3 is 2.60 bits per heavy atom. The SMILES string of the molecule is C=CS(=O)(=O)CCN1CCN(C2CCOCC2)C[C@@H]1C. The Morgan fingerprint density at radius 1 is 1.30 bits per heavy atom. The van der Waals surface area contributed by atoms with Gasteiger partial charge >= 0.3 is 0 Å². The minimum Gasteiger partial charge on any atom is -0.381 e. The van der Waals surface area contributed by atoms with E-state index in [0.29, 0.717) is 18.6 Å². The van der Waals surface area contributed by atoms with Crippen LogP contribution in [-0.4, -0.2) is 75.4 Å². The Labute approximate surface area is 122 Å². The van der Waals surface area contributed by atoms with Gasteiger partial charge in [-0.3, -0.25) is 9.80 Å². The lowest BCUT2D eigenvalue weighted by atomic mass is 10.0. The van der Waals surface area contributed by atoms with Gasteiger partial charge in [-0.15, -0.1) is 0 Å². The summed E-state index contributed by atoms with van der Waals surface area (Å²) in [6.45, 7) is 10.9. The summed E-state index contributed by atoms with van der Waals surface area (Å²) in [4.78, 5) is 4.82. The molecule has 2 rings (SSSR count). The number of ether oxygens (including phenoxy) is 1. The van der Waals surface area contributed by atoms with Crippen molar-refractivity contribution in [2.75, 3.05) is 45.1 Å². The van der Waals surface area contributed by atoms with Crippen LogP contribution in [0.1, 0.15) is 19.8 Å². The molecule has 20 heavy (non-hydrogen) atoms. The van der Waals surface area contributed by atoms with Gasteiger partial charge < -0.3 is 4.74 Å². The molecular formula is C14H26N2O3S. The Hall–Kier alpha value is -0.430. The van der Waals surface area contributed by atoms with Gasteiger partial charge in [0.15, 0.2) is 9.84 Å². The summed E-state index contributed by atoms with van der Waals surface area (Å²) in [6, 6.07) is 1.05. The first-order valence-corrected chi connectivity index (χ1v) is 9.14. The summed E-state index contributed by atoms with van der Waals surface area (Å²) in [5, 5.41) is 1.07. The van der Waals surface area contributed by atoms with Crippen LogP contribution in [0.2, 0.25) is 0 Å². The van der Waals surface area contributed by atoms with Crippen LogP contribution in [0.3, 0.4) is 0 Å². The van der Waals surface area contributed by atoms with Crippen molar-refractivity contribution in [3.8, 4) is 0 Å². The fraction of sp³-hybridized carbons (Fsp3) is 0.857. The minimum absolute atomic E-state index is 0.179. The predicted octanol–water partition coefficient (Wildman–Crippen LogP) is 0.730. The molecule has 0 bridgehead atoms. The molecule has 0 radical (unpaired) electrons. The van der Waals surface area contributed by atoms with Gasteiger partial charge in [-0.25, -0.2) is 8.42 Å². The van der Waals surface area contributed by atoms with Crippen LogP contribution >= 0.6 is 0 Å². The standard InChI is InChI=1S/C14H26N2O3S/c1-3-20(17,18)11-8-15-6-7-16(12-13(15)2)14-4-9-19-10-5-14/h3,13-14H,1,4-12H2,2H3/t13-/m0/s1. The van der Waals surface area contributed by atoms with Crippen LogP contribution in [-0.2, 0) is 14.6 Å². The lowest BCUT2D eigenvalue weighted by Crippen LogP contribution is -2.56. The third-order valence-corrected chi connectivity index (χ3v) is 5.68. The van der Waals surface area contributed by atoms with Crippen molar-refractivity contribution in [2.24, 2.45) is 0 Å². The van der Waals surface area contributed by atoms with E-state index in [4.69, 9.17) is 4.74 Å². The van der Waals surface area contributed by atoms with Gasteiger partial charge in [0, 0.05) is 56.9 Å². The maximum absolute atomic E-state index is 11.5. The van der Waals surface area contributed by atoms with Crippen LogP contribution < -0.4 is 0 Å². The van der Waals surface area contributed by atoms with E-state index in [2.05, 4.69) is 23.3 Å². The molecule has 0 aromatic carbocycles. The summed E-state index contributed by atoms with van der Waals surface area (Å²) in [5.41, 5.74) is 0. The second-order valence-corrected chi connectivity index (χ2v) is 7.82. The molecular weight excluding hydrogens is 276 g/mol. The molecule has 2 aliphatic heterocycles. The van der Waals surface area contributed by atoms with Crippen molar-refractivity contribution < 1.29 is 13.2 Å². The first kappa shape index (κ1) is 15.9. The summed E-state index contributed by atoms with van der Waals surface area (Å²) >= 11 is 0. The van der Waals surface area contributed by atoms with Crippen molar-refractivity contribution >= 4 is 9.84 Å². The summed E-state index contributed by atoms with van der Waals surface area (Å²) in [7, 11) is -3.08. The van der Waals surface area contributed by atoms with E-state index in [0.717, 1.165) is 51.1 Å². The molecule has 5 nitrogen and oxygen atoms in total. The van der Waals surface area contributed by atoms with Gasteiger partial charge in [0.05, 0.1) is 5.75 Å². The summed E-state index contributed by atoms with van der Waals surface area (Å²) in [5.74, 6) is 0.179. The highest BCUT2D eigenvalue weighted by atomic mass is 32.2. The highest BCUT2D eigenvalue weighted by Gasteiger charge is 2.29. The van der Waals surface area contributed by atoms with Crippen molar-refractivity contribution in [2.45, 2.75) is 31.8 Å². The average Bonchev–Trinajstić information content (AvgIpc) is 2.47. The molecule has 2 heterocycles. The van der Waals surface area contributed by atoms with E-state index in [1.165, 1.54) is 0 Å². The summed E-state index contributed by atoms with van der Waals surface area (Å²) < 4.78 is 28.4. The molecule has 1 atom stereocenters. The molecule has 0 aromatic heterocycles. The van der Waals surface area contributed by atoms with E-state index in [9.17, 15) is 8.42 Å². The van der Waals surface area contributed by atoms with Gasteiger partial charge in [0.1, 0.15) is 0 Å². The Morgan fingerprint density at radius 2 is 2.00 bits per heavy atom. The first-order chi connectivity index (χ1) is 9.52. The zero-order valence-corrected chi connectivity index (χ0v) is 13.1. The lowest BCUT2D eigenvalue weighted by molar-refractivity contribution is 0.0000230. The third-order valence-electron chi connectivity index (χ3n) is 4.42. The maximum atomic E-state index is 11.5. The van der Waals surface area contributed by atoms with Crippen LogP contribution in [0.25, 0.3) is 0 Å². The maximum Gasteiger partial charge on any atom is 0.172 e. The van der Waals surface area contributed by atoms with Gasteiger partial charge in [0.2, 0.25) is 0 Å². The van der Waals surface area contributed by atoms with Crippen LogP contribution in [0, 0.1) is 0 Å². The highest BCUT2D eigenvalue weighted by Crippen LogP contribution is 2.19. The topological polar surface area (TPSA) is 49.9 Å². The average molecular weight is 302 g/mol. The second kappa shape index (κ2) is 7.02. The quantitative estimate of drug-likeness (QED) is 0.749. The molecule has 0 amide bonds. The number of nitrogens with zero attached hydrogens (tertiary/aromatic N) is 2. The Kier molecular flexibility index (Phi) is 5.60. The fourth-order valence-corrected chi connectivity index (χ4v) is 3.72. The van der Waals surface area contributed by atoms with Crippen LogP contribution in [0.4, 0.5) is 0 Å². The van der Waals surface area contributed by atoms with E-state index in [1.807, 2.05) is 0 Å². The summed E-state index contributed by atoms with van der Waals surface area (Å²) in [6.07, 6.45) is 2.25. The fourth-order valence-electron chi connectivity index (χ4n) is 3.07. The molecule has 0 aromatic rings. The number of sulfone groups is 1. The van der Waals surface area contributed by atoms with Crippen LogP contribution in [0.15, 0.2) is 12.0 Å². The van der Waals surface area contributed by atoms with Crippen LogP contribution in [0.5, 0.6) is 0 Å². The van der Waals surface area contributed by atoms with E-state index in [-0.39, 0.29) is 5.75 Å². The van der Waals surface area contributed by atoms with Gasteiger partial charge in [-0.05, 0) is 19.8 Å². The molecule has 116 valence electrons. The number of piperazine rings is 1. The number of rotatable bonds is 5. The monoisotopic (exact) mass is 302 g/mol. The molecule has 0 spiro atoms. The second-order valence-electron chi connectivity index (χ2n) is 5.76. The Bertz CT molecular complexity index is 418. The molecule has 6 heteroatoms. The van der Waals surface area contributed by atoms with Crippen molar-refractivity contribution in [3.05, 3.63) is 12.0 Å². The normalized spacial score (nSPS) is 27.6. The molecule has 0 N–H and O–H groups in total. The van der Waals surface area contributed by atoms with E-state index < -0.39 is 9.84 Å². The molecule has 2 aliphatic rings. The molecule has 2 fully saturated rings.